The zero-order chi connectivity index (χ0) is 24.6. The molecule has 0 radical (unpaired) electrons. The van der Waals surface area contributed by atoms with Crippen molar-refractivity contribution >= 4 is 15.9 Å². The van der Waals surface area contributed by atoms with Crippen molar-refractivity contribution in [3.8, 4) is 17.2 Å². The van der Waals surface area contributed by atoms with Crippen molar-refractivity contribution < 1.29 is 27.4 Å². The first-order valence-corrected chi connectivity index (χ1v) is 13.1. The summed E-state index contributed by atoms with van der Waals surface area (Å²) < 4.78 is 44.1. The van der Waals surface area contributed by atoms with Crippen molar-refractivity contribution in [2.24, 2.45) is 5.92 Å². The Morgan fingerprint density at radius 3 is 2.21 bits per heavy atom. The summed E-state index contributed by atoms with van der Waals surface area (Å²) in [4.78, 5) is 17.0. The highest BCUT2D eigenvalue weighted by Gasteiger charge is 2.29. The van der Waals surface area contributed by atoms with Crippen LogP contribution in [0.2, 0.25) is 0 Å². The summed E-state index contributed by atoms with van der Waals surface area (Å²) in [5, 5.41) is 2.98. The smallest absolute Gasteiger partial charge is 0.251 e. The highest BCUT2D eigenvalue weighted by molar-refractivity contribution is 7.89. The first kappa shape index (κ1) is 25.8. The molecule has 1 N–H and O–H groups in total. The molecule has 1 aliphatic heterocycles. The highest BCUT2D eigenvalue weighted by Crippen LogP contribution is 2.39. The van der Waals surface area contributed by atoms with Crippen LogP contribution in [0.5, 0.6) is 17.2 Å². The summed E-state index contributed by atoms with van der Waals surface area (Å²) in [6, 6.07) is 6.49. The number of amides is 1. The fourth-order valence-corrected chi connectivity index (χ4v) is 5.30. The van der Waals surface area contributed by atoms with E-state index in [1.165, 1.54) is 10.5 Å². The number of benzene rings is 1. The van der Waals surface area contributed by atoms with Crippen LogP contribution in [0.3, 0.4) is 0 Å². The van der Waals surface area contributed by atoms with Crippen LogP contribution < -0.4 is 19.5 Å². The third kappa shape index (κ3) is 6.18. The Morgan fingerprint density at radius 1 is 1.06 bits per heavy atom. The molecule has 1 fully saturated rings. The Morgan fingerprint density at radius 2 is 1.68 bits per heavy atom. The highest BCUT2D eigenvalue weighted by atomic mass is 32.2. The SMILES string of the molecule is CCOc1cc(C(=O)NCC2CCN(S(=O)(=O)c3cccnc3)CC2)cc(OCC)c1OCC. The molecule has 1 aromatic carbocycles. The van der Waals surface area contributed by atoms with Gasteiger partial charge in [0.25, 0.3) is 5.91 Å². The number of pyridine rings is 1. The lowest BCUT2D eigenvalue weighted by molar-refractivity contribution is 0.0940. The zero-order valence-corrected chi connectivity index (χ0v) is 20.8. The lowest BCUT2D eigenvalue weighted by atomic mass is 9.98. The van der Waals surface area contributed by atoms with E-state index in [1.807, 2.05) is 20.8 Å². The van der Waals surface area contributed by atoms with E-state index in [1.54, 1.807) is 30.5 Å². The maximum absolute atomic E-state index is 12.9. The summed E-state index contributed by atoms with van der Waals surface area (Å²) in [6.07, 6.45) is 4.24. The minimum Gasteiger partial charge on any atom is -0.490 e. The van der Waals surface area contributed by atoms with Crippen LogP contribution in [-0.4, -0.2) is 63.1 Å². The van der Waals surface area contributed by atoms with Gasteiger partial charge in [0.2, 0.25) is 15.8 Å². The minimum atomic E-state index is -3.55. The molecule has 186 valence electrons. The van der Waals surface area contributed by atoms with E-state index in [0.29, 0.717) is 75.1 Å². The van der Waals surface area contributed by atoms with Crippen LogP contribution in [0.15, 0.2) is 41.6 Å². The number of aromatic nitrogens is 1. The number of nitrogens with zero attached hydrogens (tertiary/aromatic N) is 2. The van der Waals surface area contributed by atoms with Crippen LogP contribution in [0.25, 0.3) is 0 Å². The Balaban J connectivity index is 1.62. The first-order chi connectivity index (χ1) is 16.4. The van der Waals surface area contributed by atoms with Gasteiger partial charge in [0.1, 0.15) is 4.90 Å². The van der Waals surface area contributed by atoms with Gasteiger partial charge in [-0.1, -0.05) is 0 Å². The maximum Gasteiger partial charge on any atom is 0.251 e. The van der Waals surface area contributed by atoms with Crippen molar-refractivity contribution in [3.63, 3.8) is 0 Å². The Bertz CT molecular complexity index is 1030. The molecule has 1 saturated heterocycles. The van der Waals surface area contributed by atoms with Crippen molar-refractivity contribution in [1.82, 2.24) is 14.6 Å². The molecule has 1 aliphatic rings. The molecular formula is C24H33N3O6S. The number of ether oxygens (including phenoxy) is 3. The predicted molar refractivity (Wildman–Crippen MR) is 128 cm³/mol. The molecule has 0 spiro atoms. The Hall–Kier alpha value is -2.85. The van der Waals surface area contributed by atoms with E-state index in [-0.39, 0.29) is 16.7 Å². The summed E-state index contributed by atoms with van der Waals surface area (Å²) in [5.41, 5.74) is 0.423. The van der Waals surface area contributed by atoms with Crippen molar-refractivity contribution in [2.75, 3.05) is 39.5 Å². The standard InChI is InChI=1S/C24H33N3O6S/c1-4-31-21-14-19(15-22(32-5-2)23(21)33-6-3)24(28)26-16-18-9-12-27(13-10-18)34(29,30)20-8-7-11-25-17-20/h7-8,11,14-15,17-18H,4-6,9-10,12-13,16H2,1-3H3,(H,26,28). The molecule has 0 bridgehead atoms. The van der Waals surface area contributed by atoms with Crippen molar-refractivity contribution in [1.29, 1.82) is 0 Å². The number of piperidine rings is 1. The van der Waals surface area contributed by atoms with Crippen molar-refractivity contribution in [3.05, 3.63) is 42.2 Å². The Kier molecular flexibility index (Phi) is 9.12. The number of carbonyl (C=O) groups excluding carboxylic acids is 1. The van der Waals surface area contributed by atoms with E-state index >= 15 is 0 Å². The van der Waals surface area contributed by atoms with Gasteiger partial charge in [0, 0.05) is 37.6 Å². The first-order valence-electron chi connectivity index (χ1n) is 11.6. The molecule has 0 aliphatic carbocycles. The lowest BCUT2D eigenvalue weighted by Crippen LogP contribution is -2.41. The molecule has 10 heteroatoms. The van der Waals surface area contributed by atoms with E-state index < -0.39 is 10.0 Å². The molecule has 1 aromatic heterocycles. The minimum absolute atomic E-state index is 0.185. The second-order valence-corrected chi connectivity index (χ2v) is 9.78. The topological polar surface area (TPSA) is 107 Å². The van der Waals surface area contributed by atoms with Crippen LogP contribution in [0, 0.1) is 5.92 Å². The molecular weight excluding hydrogens is 458 g/mol. The van der Waals surface area contributed by atoms with Gasteiger partial charge >= 0.3 is 0 Å². The second-order valence-electron chi connectivity index (χ2n) is 7.85. The summed E-state index contributed by atoms with van der Waals surface area (Å²) in [5.74, 6) is 1.37. The number of hydrogen-bond donors (Lipinski definition) is 1. The van der Waals surface area contributed by atoms with Crippen molar-refractivity contribution in [2.45, 2.75) is 38.5 Å². The Labute approximate surface area is 201 Å². The quantitative estimate of drug-likeness (QED) is 0.515. The van der Waals surface area contributed by atoms with E-state index in [9.17, 15) is 13.2 Å². The number of sulfonamides is 1. The van der Waals surface area contributed by atoms with Gasteiger partial charge < -0.3 is 19.5 Å². The van der Waals surface area contributed by atoms with Gasteiger partial charge in [-0.2, -0.15) is 4.31 Å². The monoisotopic (exact) mass is 491 g/mol. The maximum atomic E-state index is 12.9. The van der Waals surface area contributed by atoms with Crippen LogP contribution in [0.1, 0.15) is 44.0 Å². The van der Waals surface area contributed by atoms with Gasteiger partial charge in [-0.05, 0) is 63.8 Å². The fourth-order valence-electron chi connectivity index (χ4n) is 3.86. The number of hydrogen-bond acceptors (Lipinski definition) is 7. The second kappa shape index (κ2) is 12.0. The number of rotatable bonds is 11. The largest absolute Gasteiger partial charge is 0.490 e. The van der Waals surface area contributed by atoms with Gasteiger partial charge in [-0.15, -0.1) is 0 Å². The number of carbonyl (C=O) groups is 1. The third-order valence-corrected chi connectivity index (χ3v) is 7.45. The summed E-state index contributed by atoms with van der Waals surface area (Å²) in [6.45, 7) is 8.18. The predicted octanol–water partition coefficient (Wildman–Crippen LogP) is 3.11. The van der Waals surface area contributed by atoms with Gasteiger partial charge in [-0.3, -0.25) is 9.78 Å². The van der Waals surface area contributed by atoms with Gasteiger partial charge in [0.15, 0.2) is 11.5 Å². The molecule has 9 nitrogen and oxygen atoms in total. The number of nitrogens with one attached hydrogen (secondary N) is 1. The zero-order valence-electron chi connectivity index (χ0n) is 20.0. The summed E-state index contributed by atoms with van der Waals surface area (Å²) >= 11 is 0. The summed E-state index contributed by atoms with van der Waals surface area (Å²) in [7, 11) is -3.55. The molecule has 1 amide bonds. The van der Waals surface area contributed by atoms with Crippen LogP contribution in [0.4, 0.5) is 0 Å². The molecule has 2 aromatic rings. The van der Waals surface area contributed by atoms with E-state index in [0.717, 1.165) is 0 Å². The molecule has 3 rings (SSSR count). The third-order valence-electron chi connectivity index (χ3n) is 5.57. The molecule has 0 atom stereocenters. The van der Waals surface area contributed by atoms with E-state index in [4.69, 9.17) is 14.2 Å². The van der Waals surface area contributed by atoms with Crippen LogP contribution in [-0.2, 0) is 10.0 Å². The average molecular weight is 492 g/mol. The molecule has 34 heavy (non-hydrogen) atoms. The molecule has 2 heterocycles. The van der Waals surface area contributed by atoms with Gasteiger partial charge in [0.05, 0.1) is 19.8 Å². The molecule has 0 unspecified atom stereocenters. The average Bonchev–Trinajstić information content (AvgIpc) is 2.85. The van der Waals surface area contributed by atoms with Gasteiger partial charge in [-0.25, -0.2) is 8.42 Å². The van der Waals surface area contributed by atoms with Crippen LogP contribution >= 0.6 is 0 Å². The molecule has 0 saturated carbocycles. The fraction of sp³-hybridized carbons (Fsp3) is 0.500. The lowest BCUT2D eigenvalue weighted by Gasteiger charge is -2.31. The van der Waals surface area contributed by atoms with E-state index in [2.05, 4.69) is 10.3 Å². The normalized spacial score (nSPS) is 15.0.